The monoisotopic (exact) mass is 473 g/mol. The Morgan fingerprint density at radius 3 is 2.88 bits per heavy atom. The third kappa shape index (κ3) is 5.26. The molecule has 0 saturated carbocycles. The van der Waals surface area contributed by atoms with Crippen molar-refractivity contribution >= 4 is 20.5 Å². The number of hydrogen-bond acceptors (Lipinski definition) is 10. The minimum atomic E-state index is -3.95. The summed E-state index contributed by atoms with van der Waals surface area (Å²) in [5.74, 6) is -0.379. The van der Waals surface area contributed by atoms with Crippen molar-refractivity contribution in [3.8, 4) is 0 Å². The highest BCUT2D eigenvalue weighted by molar-refractivity contribution is 7.48. The second kappa shape index (κ2) is 9.80. The Morgan fingerprint density at radius 2 is 2.22 bits per heavy atom. The molecule has 1 N–H and O–H groups in total. The molecule has 178 valence electrons. The molecule has 2 aliphatic heterocycles. The molecule has 0 amide bonds. The van der Waals surface area contributed by atoms with Gasteiger partial charge in [-0.3, -0.25) is 32.7 Å². The van der Waals surface area contributed by atoms with Gasteiger partial charge >= 0.3 is 19.5 Å². The number of carbonyl (C=O) groups is 1. The number of phosphoric ester groups is 1. The molecule has 0 bridgehead atoms. The van der Waals surface area contributed by atoms with Crippen LogP contribution in [0, 0.1) is 5.41 Å². The molecule has 0 aromatic carbocycles. The zero-order valence-electron chi connectivity index (χ0n) is 18.2. The van der Waals surface area contributed by atoms with E-state index in [0.717, 1.165) is 0 Å². The van der Waals surface area contributed by atoms with E-state index in [1.165, 1.54) is 16.8 Å². The average molecular weight is 473 g/mol. The summed E-state index contributed by atoms with van der Waals surface area (Å²) >= 11 is 0. The molecule has 1 aromatic heterocycles. The third-order valence-electron chi connectivity index (χ3n) is 5.19. The van der Waals surface area contributed by atoms with Crippen LogP contribution in [0.15, 0.2) is 26.8 Å². The van der Waals surface area contributed by atoms with E-state index < -0.39 is 42.9 Å². The van der Waals surface area contributed by atoms with Crippen molar-refractivity contribution in [1.29, 1.82) is 0 Å². The van der Waals surface area contributed by atoms with Gasteiger partial charge in [0.2, 0.25) is 0 Å². The number of aromatic nitrogens is 2. The molecule has 2 fully saturated rings. The SMILES string of the molecule is C=NC[C@]1(C)[C@@H]2OP(=O)(OCCCC(=O)OC(C)C)OC[C@H]2O[C@H]1n1ccc(=O)[nH]c1=O. The number of esters is 1. The number of fused-ring (bicyclic) bond motifs is 1. The van der Waals surface area contributed by atoms with Gasteiger partial charge in [-0.25, -0.2) is 9.36 Å². The van der Waals surface area contributed by atoms with Gasteiger partial charge in [0.15, 0.2) is 0 Å². The Bertz CT molecular complexity index is 1010. The van der Waals surface area contributed by atoms with Crippen LogP contribution >= 0.6 is 7.82 Å². The molecule has 3 rings (SSSR count). The van der Waals surface area contributed by atoms with Crippen LogP contribution in [0.2, 0.25) is 0 Å². The summed E-state index contributed by atoms with van der Waals surface area (Å²) in [6.07, 6.45) is -0.855. The fraction of sp³-hybridized carbons (Fsp3) is 0.684. The summed E-state index contributed by atoms with van der Waals surface area (Å²) in [6, 6.07) is 1.20. The number of hydrogen-bond donors (Lipinski definition) is 1. The Labute approximate surface area is 184 Å². The first-order valence-electron chi connectivity index (χ1n) is 10.2. The summed E-state index contributed by atoms with van der Waals surface area (Å²) in [6.45, 7) is 8.76. The van der Waals surface area contributed by atoms with Gasteiger partial charge in [0.25, 0.3) is 5.56 Å². The van der Waals surface area contributed by atoms with E-state index in [-0.39, 0.29) is 44.7 Å². The normalized spacial score (nSPS) is 31.9. The summed E-state index contributed by atoms with van der Waals surface area (Å²) in [7, 11) is -3.95. The molecule has 0 radical (unpaired) electrons. The Morgan fingerprint density at radius 1 is 1.47 bits per heavy atom. The van der Waals surface area contributed by atoms with Crippen molar-refractivity contribution in [3.05, 3.63) is 33.1 Å². The lowest BCUT2D eigenvalue weighted by atomic mass is 9.82. The molecule has 32 heavy (non-hydrogen) atoms. The number of H-pyrrole nitrogens is 1. The van der Waals surface area contributed by atoms with Crippen LogP contribution in [0.4, 0.5) is 0 Å². The molecule has 5 atom stereocenters. The molecule has 2 aliphatic rings. The van der Waals surface area contributed by atoms with E-state index in [0.29, 0.717) is 0 Å². The van der Waals surface area contributed by atoms with Gasteiger partial charge in [0.1, 0.15) is 18.4 Å². The molecule has 3 heterocycles. The molecule has 12 nitrogen and oxygen atoms in total. The largest absolute Gasteiger partial charge is 0.475 e. The molecule has 13 heteroatoms. The van der Waals surface area contributed by atoms with Crippen LogP contribution in [-0.2, 0) is 32.4 Å². The lowest BCUT2D eigenvalue weighted by Gasteiger charge is -2.37. The van der Waals surface area contributed by atoms with E-state index in [1.807, 2.05) is 0 Å². The van der Waals surface area contributed by atoms with Crippen molar-refractivity contribution in [2.24, 2.45) is 10.4 Å². The van der Waals surface area contributed by atoms with Gasteiger partial charge in [-0.05, 0) is 27.0 Å². The molecule has 1 unspecified atom stereocenters. The topological polar surface area (TPSA) is 148 Å². The first kappa shape index (κ1) is 24.5. The van der Waals surface area contributed by atoms with Gasteiger partial charge in [0, 0.05) is 18.7 Å². The highest BCUT2D eigenvalue weighted by atomic mass is 31.2. The van der Waals surface area contributed by atoms with Crippen LogP contribution in [0.1, 0.15) is 39.8 Å². The molecular weight excluding hydrogens is 445 g/mol. The molecule has 0 aliphatic carbocycles. The lowest BCUT2D eigenvalue weighted by molar-refractivity contribution is -0.147. The smallest absolute Gasteiger partial charge is 0.463 e. The summed E-state index contributed by atoms with van der Waals surface area (Å²) in [4.78, 5) is 41.5. The fourth-order valence-corrected chi connectivity index (χ4v) is 5.33. The van der Waals surface area contributed by atoms with Gasteiger partial charge in [-0.15, -0.1) is 0 Å². The predicted octanol–water partition coefficient (Wildman–Crippen LogP) is 1.41. The van der Waals surface area contributed by atoms with E-state index in [9.17, 15) is 18.9 Å². The molecular formula is C19H28N3O9P. The van der Waals surface area contributed by atoms with Crippen LogP contribution in [0.25, 0.3) is 0 Å². The van der Waals surface area contributed by atoms with Crippen molar-refractivity contribution in [1.82, 2.24) is 9.55 Å². The summed E-state index contributed by atoms with van der Waals surface area (Å²) in [5.41, 5.74) is -2.16. The van der Waals surface area contributed by atoms with E-state index in [1.54, 1.807) is 20.8 Å². The van der Waals surface area contributed by atoms with Crippen LogP contribution in [0.3, 0.4) is 0 Å². The van der Waals surface area contributed by atoms with E-state index in [2.05, 4.69) is 16.7 Å². The number of rotatable bonds is 9. The molecule has 1 aromatic rings. The first-order valence-corrected chi connectivity index (χ1v) is 11.7. The third-order valence-corrected chi connectivity index (χ3v) is 6.64. The van der Waals surface area contributed by atoms with Crippen molar-refractivity contribution in [2.45, 2.75) is 58.2 Å². The van der Waals surface area contributed by atoms with E-state index >= 15 is 0 Å². The van der Waals surface area contributed by atoms with Crippen LogP contribution in [0.5, 0.6) is 0 Å². The second-order valence-electron chi connectivity index (χ2n) is 8.18. The maximum absolute atomic E-state index is 13.0. The first-order chi connectivity index (χ1) is 15.1. The summed E-state index contributed by atoms with van der Waals surface area (Å²) < 4.78 is 41.8. The number of ether oxygens (including phenoxy) is 2. The van der Waals surface area contributed by atoms with Gasteiger partial charge in [0.05, 0.1) is 31.3 Å². The standard InChI is InChI=1S/C19H28N3O9P/c1-12(2)29-15(24)6-5-9-27-32(26)28-10-13-16(31-32)19(3,11-20-4)17(30-13)22-8-7-14(23)21-18(22)25/h7-8,12-13,16-17H,4-6,9-11H2,1-3H3,(H,21,23,25)/t13-,16-,17-,19-,32?/m1/s1. The van der Waals surface area contributed by atoms with Crippen molar-refractivity contribution in [3.63, 3.8) is 0 Å². The zero-order valence-corrected chi connectivity index (χ0v) is 19.1. The van der Waals surface area contributed by atoms with Crippen molar-refractivity contribution in [2.75, 3.05) is 19.8 Å². The number of nitrogens with zero attached hydrogens (tertiary/aromatic N) is 2. The maximum atomic E-state index is 13.0. The van der Waals surface area contributed by atoms with Gasteiger partial charge in [-0.1, -0.05) is 6.92 Å². The van der Waals surface area contributed by atoms with Gasteiger partial charge < -0.3 is 14.5 Å². The van der Waals surface area contributed by atoms with Crippen LogP contribution in [-0.4, -0.2) is 60.3 Å². The predicted molar refractivity (Wildman–Crippen MR) is 113 cm³/mol. The zero-order chi connectivity index (χ0) is 23.5. The Hall–Kier alpha value is -2.11. The highest BCUT2D eigenvalue weighted by Gasteiger charge is 2.60. The highest BCUT2D eigenvalue weighted by Crippen LogP contribution is 2.61. The number of aromatic amines is 1. The number of carbonyl (C=O) groups excluding carboxylic acids is 1. The Kier molecular flexibility index (Phi) is 7.51. The number of nitrogens with one attached hydrogen (secondary N) is 1. The Balaban J connectivity index is 1.71. The molecule has 0 spiro atoms. The average Bonchev–Trinajstić information content (AvgIpc) is 2.97. The maximum Gasteiger partial charge on any atom is 0.475 e. The van der Waals surface area contributed by atoms with E-state index in [4.69, 9.17) is 23.0 Å². The minimum absolute atomic E-state index is 0.0397. The van der Waals surface area contributed by atoms with Gasteiger partial charge in [-0.2, -0.15) is 0 Å². The lowest BCUT2D eigenvalue weighted by Crippen LogP contribution is -2.46. The number of aliphatic imine (C=N–C) groups is 1. The minimum Gasteiger partial charge on any atom is -0.463 e. The second-order valence-corrected chi connectivity index (χ2v) is 9.80. The quantitative estimate of drug-likeness (QED) is 0.243. The fourth-order valence-electron chi connectivity index (χ4n) is 3.79. The number of phosphoric acid groups is 1. The molecule has 2 saturated heterocycles. The summed E-state index contributed by atoms with van der Waals surface area (Å²) in [5, 5.41) is 0. The van der Waals surface area contributed by atoms with Crippen LogP contribution < -0.4 is 11.2 Å². The van der Waals surface area contributed by atoms with Crippen molar-refractivity contribution < 1.29 is 32.4 Å².